The lowest BCUT2D eigenvalue weighted by molar-refractivity contribution is 0.248. The first-order valence-electron chi connectivity index (χ1n) is 11.3. The van der Waals surface area contributed by atoms with Gasteiger partial charge in [-0.3, -0.25) is 4.90 Å². The minimum Gasteiger partial charge on any atom is -0.378 e. The lowest BCUT2D eigenvalue weighted by Gasteiger charge is -2.29. The molecule has 4 rings (SSSR count). The summed E-state index contributed by atoms with van der Waals surface area (Å²) in [5, 5.41) is 0. The smallest absolute Gasteiger partial charge is 0.0361 e. The van der Waals surface area contributed by atoms with Gasteiger partial charge in [0.1, 0.15) is 0 Å². The number of rotatable bonds is 9. The first-order chi connectivity index (χ1) is 15.7. The van der Waals surface area contributed by atoms with Gasteiger partial charge in [0.15, 0.2) is 0 Å². The molecule has 2 nitrogen and oxygen atoms in total. The van der Waals surface area contributed by atoms with Crippen molar-refractivity contribution >= 4 is 5.69 Å². The quantitative estimate of drug-likeness (QED) is 0.301. The minimum absolute atomic E-state index is 0.321. The van der Waals surface area contributed by atoms with Crippen molar-refractivity contribution in [3.05, 3.63) is 138 Å². The molecule has 0 atom stereocenters. The van der Waals surface area contributed by atoms with Gasteiger partial charge in [-0.25, -0.2) is 0 Å². The van der Waals surface area contributed by atoms with Crippen LogP contribution in [-0.4, -0.2) is 25.5 Å². The number of nitrogens with zero attached hydrogens (tertiary/aromatic N) is 2. The summed E-state index contributed by atoms with van der Waals surface area (Å²) >= 11 is 0. The zero-order chi connectivity index (χ0) is 22.2. The van der Waals surface area contributed by atoms with Gasteiger partial charge in [0, 0.05) is 45.3 Å². The van der Waals surface area contributed by atoms with E-state index < -0.39 is 0 Å². The first kappa shape index (κ1) is 21.9. The molecular weight excluding hydrogens is 388 g/mol. The Hall–Kier alpha value is -3.36. The highest BCUT2D eigenvalue weighted by molar-refractivity contribution is 5.46. The summed E-state index contributed by atoms with van der Waals surface area (Å²) in [4.78, 5) is 4.72. The largest absolute Gasteiger partial charge is 0.378 e. The Bertz CT molecular complexity index is 1020. The van der Waals surface area contributed by atoms with Crippen LogP contribution in [0.5, 0.6) is 0 Å². The molecule has 0 aliphatic heterocycles. The Balaban J connectivity index is 1.62. The lowest BCUT2D eigenvalue weighted by Crippen LogP contribution is -2.28. The molecule has 0 amide bonds. The summed E-state index contributed by atoms with van der Waals surface area (Å²) in [6.45, 7) is 2.80. The highest BCUT2D eigenvalue weighted by atomic mass is 15.1. The van der Waals surface area contributed by atoms with E-state index in [4.69, 9.17) is 0 Å². The van der Waals surface area contributed by atoms with Crippen molar-refractivity contribution in [1.82, 2.24) is 4.90 Å². The van der Waals surface area contributed by atoms with Crippen LogP contribution in [0.2, 0.25) is 0 Å². The fourth-order valence-corrected chi connectivity index (χ4v) is 4.22. The monoisotopic (exact) mass is 420 g/mol. The SMILES string of the molecule is CN(C)c1ccc(CN(Cc2ccccc2)CC(c2ccccc2)c2ccccc2)cc1. The molecule has 0 aromatic heterocycles. The van der Waals surface area contributed by atoms with Crippen LogP contribution in [-0.2, 0) is 13.1 Å². The van der Waals surface area contributed by atoms with E-state index in [2.05, 4.69) is 139 Å². The van der Waals surface area contributed by atoms with Gasteiger partial charge in [-0.15, -0.1) is 0 Å². The highest BCUT2D eigenvalue weighted by Gasteiger charge is 2.19. The van der Waals surface area contributed by atoms with Crippen LogP contribution < -0.4 is 4.90 Å². The average molecular weight is 421 g/mol. The summed E-state index contributed by atoms with van der Waals surface area (Å²) in [6.07, 6.45) is 0. The molecule has 0 bridgehead atoms. The molecule has 0 heterocycles. The molecule has 0 saturated carbocycles. The fraction of sp³-hybridized carbons (Fsp3) is 0.200. The summed E-state index contributed by atoms with van der Waals surface area (Å²) in [5.74, 6) is 0.321. The zero-order valence-electron chi connectivity index (χ0n) is 19.1. The van der Waals surface area contributed by atoms with Crippen LogP contribution in [0, 0.1) is 0 Å². The summed E-state index contributed by atoms with van der Waals surface area (Å²) < 4.78 is 0. The normalized spacial score (nSPS) is 11.1. The predicted molar refractivity (Wildman–Crippen MR) is 136 cm³/mol. The maximum Gasteiger partial charge on any atom is 0.0361 e. The molecule has 0 aliphatic carbocycles. The Morgan fingerprint density at radius 1 is 0.531 bits per heavy atom. The van der Waals surface area contributed by atoms with Crippen LogP contribution in [0.15, 0.2) is 115 Å². The van der Waals surface area contributed by atoms with E-state index in [1.807, 2.05) is 0 Å². The molecule has 0 spiro atoms. The highest BCUT2D eigenvalue weighted by Crippen LogP contribution is 2.27. The van der Waals surface area contributed by atoms with Gasteiger partial charge in [-0.2, -0.15) is 0 Å². The van der Waals surface area contributed by atoms with E-state index in [9.17, 15) is 0 Å². The van der Waals surface area contributed by atoms with Crippen molar-refractivity contribution < 1.29 is 0 Å². The number of hydrogen-bond donors (Lipinski definition) is 0. The van der Waals surface area contributed by atoms with Gasteiger partial charge in [-0.1, -0.05) is 103 Å². The van der Waals surface area contributed by atoms with E-state index in [0.717, 1.165) is 19.6 Å². The topological polar surface area (TPSA) is 6.48 Å². The van der Waals surface area contributed by atoms with Crippen LogP contribution in [0.4, 0.5) is 5.69 Å². The summed E-state index contributed by atoms with van der Waals surface area (Å²) in [6, 6.07) is 41.5. The van der Waals surface area contributed by atoms with Gasteiger partial charge in [0.05, 0.1) is 0 Å². The maximum absolute atomic E-state index is 2.57. The van der Waals surface area contributed by atoms with Crippen LogP contribution in [0.3, 0.4) is 0 Å². The van der Waals surface area contributed by atoms with Crippen molar-refractivity contribution in [2.45, 2.75) is 19.0 Å². The molecule has 0 aliphatic rings. The first-order valence-corrected chi connectivity index (χ1v) is 11.3. The number of hydrogen-bond acceptors (Lipinski definition) is 2. The minimum atomic E-state index is 0.321. The fourth-order valence-electron chi connectivity index (χ4n) is 4.22. The second kappa shape index (κ2) is 10.8. The second-order valence-corrected chi connectivity index (χ2v) is 8.59. The Labute approximate surface area is 192 Å². The Morgan fingerprint density at radius 3 is 1.44 bits per heavy atom. The Kier molecular flexibility index (Phi) is 7.37. The third kappa shape index (κ3) is 5.87. The molecule has 0 radical (unpaired) electrons. The predicted octanol–water partition coefficient (Wildman–Crippen LogP) is 6.59. The molecule has 0 saturated heterocycles. The van der Waals surface area contributed by atoms with E-state index >= 15 is 0 Å². The van der Waals surface area contributed by atoms with E-state index in [-0.39, 0.29) is 0 Å². The van der Waals surface area contributed by atoms with Gasteiger partial charge >= 0.3 is 0 Å². The zero-order valence-corrected chi connectivity index (χ0v) is 19.1. The summed E-state index contributed by atoms with van der Waals surface area (Å²) in [5.41, 5.74) is 6.64. The molecule has 32 heavy (non-hydrogen) atoms. The number of benzene rings is 4. The second-order valence-electron chi connectivity index (χ2n) is 8.59. The maximum atomic E-state index is 2.57. The van der Waals surface area contributed by atoms with Gasteiger partial charge in [0.2, 0.25) is 0 Å². The molecule has 4 aromatic carbocycles. The lowest BCUT2D eigenvalue weighted by atomic mass is 9.90. The van der Waals surface area contributed by atoms with Crippen molar-refractivity contribution in [3.63, 3.8) is 0 Å². The van der Waals surface area contributed by atoms with Crippen molar-refractivity contribution in [1.29, 1.82) is 0 Å². The van der Waals surface area contributed by atoms with Crippen molar-refractivity contribution in [2.75, 3.05) is 25.5 Å². The van der Waals surface area contributed by atoms with Crippen LogP contribution in [0.1, 0.15) is 28.2 Å². The average Bonchev–Trinajstić information content (AvgIpc) is 2.84. The molecule has 162 valence electrons. The third-order valence-corrected chi connectivity index (χ3v) is 5.95. The van der Waals surface area contributed by atoms with Gasteiger partial charge < -0.3 is 4.90 Å². The number of anilines is 1. The standard InChI is InChI=1S/C30H32N2/c1-31(2)29-20-18-26(19-21-29)23-32(22-25-12-6-3-7-13-25)24-30(27-14-8-4-9-15-27)28-16-10-5-11-17-28/h3-21,30H,22-24H2,1-2H3. The van der Waals surface area contributed by atoms with Gasteiger partial charge in [0.25, 0.3) is 0 Å². The van der Waals surface area contributed by atoms with Gasteiger partial charge in [-0.05, 0) is 34.4 Å². The Morgan fingerprint density at radius 2 is 0.969 bits per heavy atom. The molecule has 2 heteroatoms. The van der Waals surface area contributed by atoms with E-state index in [1.165, 1.54) is 27.9 Å². The molecule has 0 fully saturated rings. The third-order valence-electron chi connectivity index (χ3n) is 5.95. The molecule has 0 unspecified atom stereocenters. The van der Waals surface area contributed by atoms with E-state index in [1.54, 1.807) is 0 Å². The van der Waals surface area contributed by atoms with Crippen LogP contribution >= 0.6 is 0 Å². The summed E-state index contributed by atoms with van der Waals surface area (Å²) in [7, 11) is 4.17. The molecule has 0 N–H and O–H groups in total. The van der Waals surface area contributed by atoms with Crippen molar-refractivity contribution in [3.8, 4) is 0 Å². The van der Waals surface area contributed by atoms with Crippen LogP contribution in [0.25, 0.3) is 0 Å². The molecular formula is C30H32N2. The van der Waals surface area contributed by atoms with Crippen molar-refractivity contribution in [2.24, 2.45) is 0 Å². The van der Waals surface area contributed by atoms with E-state index in [0.29, 0.717) is 5.92 Å². The molecule has 4 aromatic rings.